The van der Waals surface area contributed by atoms with Gasteiger partial charge in [-0.05, 0) is 41.5 Å². The third kappa shape index (κ3) is 4.70. The lowest BCUT2D eigenvalue weighted by atomic mass is 9.90. The standard InChI is InChI=1S/C28H28N4O4/c1-35-19-12-10-18(11-13-19)21(22-15-30-23-7-3-2-6-20(22)23)14-31-27(33)17-32-16-26(28(29)34)36-25-9-5-4-8-24(25)32/h2-13,15,21,26,30H,14,16-17H2,1H3,(H2,29,34)(H,31,33)/t21-,26-/m0/s1. The van der Waals surface area contributed by atoms with Crippen LogP contribution < -0.4 is 25.4 Å². The second-order valence-electron chi connectivity index (χ2n) is 8.78. The number of methoxy groups -OCH3 is 1. The highest BCUT2D eigenvalue weighted by Crippen LogP contribution is 2.33. The van der Waals surface area contributed by atoms with E-state index in [4.69, 9.17) is 15.2 Å². The van der Waals surface area contributed by atoms with Crippen LogP contribution in [0.3, 0.4) is 0 Å². The van der Waals surface area contributed by atoms with Gasteiger partial charge in [0, 0.05) is 29.6 Å². The third-order valence-corrected chi connectivity index (χ3v) is 6.53. The van der Waals surface area contributed by atoms with E-state index in [-0.39, 0.29) is 24.9 Å². The van der Waals surface area contributed by atoms with E-state index in [1.165, 1.54) is 0 Å². The molecule has 184 valence electrons. The number of benzene rings is 3. The van der Waals surface area contributed by atoms with E-state index in [0.29, 0.717) is 12.3 Å². The van der Waals surface area contributed by atoms with E-state index in [1.807, 2.05) is 71.8 Å². The lowest BCUT2D eigenvalue weighted by Crippen LogP contribution is -2.50. The second-order valence-corrected chi connectivity index (χ2v) is 8.78. The lowest BCUT2D eigenvalue weighted by molar-refractivity contribution is -0.125. The van der Waals surface area contributed by atoms with Gasteiger partial charge in [-0.25, -0.2) is 0 Å². The van der Waals surface area contributed by atoms with Crippen LogP contribution in [0, 0.1) is 0 Å². The van der Waals surface area contributed by atoms with Crippen molar-refractivity contribution in [3.05, 3.63) is 90.1 Å². The highest BCUT2D eigenvalue weighted by Gasteiger charge is 2.30. The Bertz CT molecular complexity index is 1380. The van der Waals surface area contributed by atoms with Gasteiger partial charge in [-0.15, -0.1) is 0 Å². The minimum absolute atomic E-state index is 0.0768. The molecular weight excluding hydrogens is 456 g/mol. The molecule has 2 amide bonds. The maximum absolute atomic E-state index is 13.1. The number of para-hydroxylation sites is 3. The molecule has 36 heavy (non-hydrogen) atoms. The Kier molecular flexibility index (Phi) is 6.49. The van der Waals surface area contributed by atoms with Crippen molar-refractivity contribution in [2.75, 3.05) is 31.6 Å². The minimum Gasteiger partial charge on any atom is -0.497 e. The van der Waals surface area contributed by atoms with Crippen molar-refractivity contribution in [1.82, 2.24) is 10.3 Å². The van der Waals surface area contributed by atoms with Crippen molar-refractivity contribution < 1.29 is 19.1 Å². The predicted octanol–water partition coefficient (Wildman–Crippen LogP) is 3.18. The van der Waals surface area contributed by atoms with E-state index in [9.17, 15) is 9.59 Å². The number of aromatic nitrogens is 1. The first-order valence-corrected chi connectivity index (χ1v) is 11.8. The number of nitrogens with one attached hydrogen (secondary N) is 2. The Labute approximate surface area is 209 Å². The van der Waals surface area contributed by atoms with E-state index < -0.39 is 12.0 Å². The number of hydrogen-bond donors (Lipinski definition) is 3. The summed E-state index contributed by atoms with van der Waals surface area (Å²) in [4.78, 5) is 30.1. The van der Waals surface area contributed by atoms with Crippen LogP contribution in [0.1, 0.15) is 17.0 Å². The summed E-state index contributed by atoms with van der Waals surface area (Å²) < 4.78 is 11.0. The molecular formula is C28H28N4O4. The Hall–Kier alpha value is -4.46. The van der Waals surface area contributed by atoms with Gasteiger partial charge >= 0.3 is 0 Å². The van der Waals surface area contributed by atoms with Gasteiger partial charge in [0.15, 0.2) is 6.10 Å². The van der Waals surface area contributed by atoms with Crippen LogP contribution in [0.5, 0.6) is 11.5 Å². The van der Waals surface area contributed by atoms with Gasteiger partial charge in [0.05, 0.1) is 25.9 Å². The number of ether oxygens (including phenoxy) is 2. The van der Waals surface area contributed by atoms with Gasteiger partial charge in [-0.3, -0.25) is 9.59 Å². The highest BCUT2D eigenvalue weighted by molar-refractivity contribution is 5.86. The van der Waals surface area contributed by atoms with E-state index in [0.717, 1.165) is 33.5 Å². The number of amides is 2. The van der Waals surface area contributed by atoms with Gasteiger partial charge in [0.2, 0.25) is 5.91 Å². The van der Waals surface area contributed by atoms with Crippen molar-refractivity contribution in [2.24, 2.45) is 5.73 Å². The molecule has 0 aliphatic carbocycles. The lowest BCUT2D eigenvalue weighted by Gasteiger charge is -2.34. The molecule has 0 bridgehead atoms. The van der Waals surface area contributed by atoms with Crippen LogP contribution in [0.2, 0.25) is 0 Å². The zero-order valence-corrected chi connectivity index (χ0v) is 19.9. The van der Waals surface area contributed by atoms with Crippen LogP contribution >= 0.6 is 0 Å². The number of anilines is 1. The summed E-state index contributed by atoms with van der Waals surface area (Å²) in [6.07, 6.45) is 1.19. The SMILES string of the molecule is COc1ccc([C@H](CNC(=O)CN2C[C@@H](C(N)=O)Oc3ccccc32)c2c[nH]c3ccccc23)cc1. The van der Waals surface area contributed by atoms with Crippen molar-refractivity contribution in [3.8, 4) is 11.5 Å². The maximum Gasteiger partial charge on any atom is 0.260 e. The quantitative estimate of drug-likeness (QED) is 0.356. The summed E-state index contributed by atoms with van der Waals surface area (Å²) in [6, 6.07) is 23.3. The normalized spacial score (nSPS) is 15.6. The number of aromatic amines is 1. The zero-order valence-electron chi connectivity index (χ0n) is 19.9. The molecule has 1 aliphatic rings. The molecule has 4 N–H and O–H groups in total. The second kappa shape index (κ2) is 10.0. The van der Waals surface area contributed by atoms with Crippen LogP contribution in [0.15, 0.2) is 79.0 Å². The molecule has 0 saturated carbocycles. The molecule has 0 spiro atoms. The zero-order chi connectivity index (χ0) is 25.1. The van der Waals surface area contributed by atoms with Gasteiger partial charge in [0.1, 0.15) is 11.5 Å². The Morgan fingerprint density at radius 1 is 1.11 bits per heavy atom. The fourth-order valence-corrected chi connectivity index (χ4v) is 4.68. The Morgan fingerprint density at radius 2 is 1.86 bits per heavy atom. The van der Waals surface area contributed by atoms with Gasteiger partial charge in [-0.2, -0.15) is 0 Å². The first kappa shape index (κ1) is 23.3. The van der Waals surface area contributed by atoms with Crippen LogP contribution in [0.25, 0.3) is 10.9 Å². The van der Waals surface area contributed by atoms with Crippen LogP contribution in [0.4, 0.5) is 5.69 Å². The highest BCUT2D eigenvalue weighted by atomic mass is 16.5. The van der Waals surface area contributed by atoms with Crippen LogP contribution in [-0.2, 0) is 9.59 Å². The number of carbonyl (C=O) groups is 2. The average Bonchev–Trinajstić information content (AvgIpc) is 3.33. The van der Waals surface area contributed by atoms with E-state index in [1.54, 1.807) is 13.2 Å². The summed E-state index contributed by atoms with van der Waals surface area (Å²) in [5.74, 6) is 0.513. The van der Waals surface area contributed by atoms with Crippen molar-refractivity contribution in [1.29, 1.82) is 0 Å². The predicted molar refractivity (Wildman–Crippen MR) is 138 cm³/mol. The first-order valence-electron chi connectivity index (χ1n) is 11.8. The number of hydrogen-bond acceptors (Lipinski definition) is 5. The molecule has 1 aromatic heterocycles. The molecule has 2 heterocycles. The fourth-order valence-electron chi connectivity index (χ4n) is 4.68. The smallest absolute Gasteiger partial charge is 0.260 e. The monoisotopic (exact) mass is 484 g/mol. The molecule has 0 saturated heterocycles. The molecule has 2 atom stereocenters. The maximum atomic E-state index is 13.1. The summed E-state index contributed by atoms with van der Waals surface area (Å²) in [5.41, 5.74) is 9.46. The molecule has 0 unspecified atom stereocenters. The summed E-state index contributed by atoms with van der Waals surface area (Å²) in [6.45, 7) is 0.690. The van der Waals surface area contributed by atoms with Crippen LogP contribution in [-0.4, -0.2) is 49.6 Å². The largest absolute Gasteiger partial charge is 0.497 e. The molecule has 0 fully saturated rings. The molecule has 4 aromatic rings. The summed E-state index contributed by atoms with van der Waals surface area (Å²) in [5, 5.41) is 4.21. The first-order chi connectivity index (χ1) is 17.5. The number of primary amides is 1. The third-order valence-electron chi connectivity index (χ3n) is 6.53. The fraction of sp³-hybridized carbons (Fsp3) is 0.214. The van der Waals surface area contributed by atoms with Gasteiger partial charge in [0.25, 0.3) is 5.91 Å². The van der Waals surface area contributed by atoms with Gasteiger partial charge < -0.3 is 30.4 Å². The number of nitrogens with zero attached hydrogens (tertiary/aromatic N) is 1. The molecule has 8 heteroatoms. The topological polar surface area (TPSA) is 110 Å². The Balaban J connectivity index is 1.36. The molecule has 3 aromatic carbocycles. The molecule has 5 rings (SSSR count). The van der Waals surface area contributed by atoms with Gasteiger partial charge in [-0.1, -0.05) is 42.5 Å². The Morgan fingerprint density at radius 3 is 2.64 bits per heavy atom. The number of H-pyrrole nitrogens is 1. The van der Waals surface area contributed by atoms with Crippen molar-refractivity contribution in [2.45, 2.75) is 12.0 Å². The minimum atomic E-state index is -0.814. The number of fused-ring (bicyclic) bond motifs is 2. The molecule has 8 nitrogen and oxygen atoms in total. The average molecular weight is 485 g/mol. The van der Waals surface area contributed by atoms with E-state index >= 15 is 0 Å². The van der Waals surface area contributed by atoms with Crippen molar-refractivity contribution in [3.63, 3.8) is 0 Å². The number of nitrogens with two attached hydrogens (primary N) is 1. The molecule has 1 aliphatic heterocycles. The van der Waals surface area contributed by atoms with E-state index in [2.05, 4.69) is 16.4 Å². The number of rotatable bonds is 8. The summed E-state index contributed by atoms with van der Waals surface area (Å²) in [7, 11) is 1.64. The summed E-state index contributed by atoms with van der Waals surface area (Å²) >= 11 is 0. The number of carbonyl (C=O) groups excluding carboxylic acids is 2. The van der Waals surface area contributed by atoms with Crippen molar-refractivity contribution >= 4 is 28.4 Å². The molecule has 0 radical (unpaired) electrons.